The van der Waals surface area contributed by atoms with Crippen molar-refractivity contribution in [3.63, 3.8) is 0 Å². The van der Waals surface area contributed by atoms with Gasteiger partial charge in [-0.3, -0.25) is 0 Å². The van der Waals surface area contributed by atoms with Crippen LogP contribution in [0.1, 0.15) is 55.4 Å². The first-order valence-corrected chi connectivity index (χ1v) is 15.0. The molecule has 0 heterocycles. The first-order valence-electron chi connectivity index (χ1n) is 9.23. The van der Waals surface area contributed by atoms with Crippen molar-refractivity contribution in [2.24, 2.45) is 11.8 Å². The number of carbonyl (C=O) groups is 1. The predicted octanol–water partition coefficient (Wildman–Crippen LogP) is 5.87. The highest BCUT2D eigenvalue weighted by atomic mass is 28.4. The van der Waals surface area contributed by atoms with Gasteiger partial charge in [-0.05, 0) is 36.3 Å². The Hall–Kier alpha value is 0.0238. The fraction of sp³-hybridized carbons (Fsp3) is 0.947. The summed E-state index contributed by atoms with van der Waals surface area (Å²) in [5.74, 6) is 0.0885. The van der Waals surface area contributed by atoms with E-state index in [9.17, 15) is 4.79 Å². The Balaban J connectivity index is 5.18. The molecular weight excluding hydrogens is 332 g/mol. The minimum Gasteiger partial charge on any atom is -0.416 e. The lowest BCUT2D eigenvalue weighted by molar-refractivity contribution is -0.114. The molecule has 0 N–H and O–H groups in total. The zero-order valence-electron chi connectivity index (χ0n) is 18.2. The van der Waals surface area contributed by atoms with Gasteiger partial charge in [0.1, 0.15) is 6.29 Å². The van der Waals surface area contributed by atoms with Crippen molar-refractivity contribution >= 4 is 22.9 Å². The molecule has 0 rings (SSSR count). The van der Waals surface area contributed by atoms with Gasteiger partial charge in [0.2, 0.25) is 0 Å². The van der Waals surface area contributed by atoms with E-state index in [0.29, 0.717) is 6.61 Å². The summed E-state index contributed by atoms with van der Waals surface area (Å²) in [4.78, 5) is 11.4. The van der Waals surface area contributed by atoms with Gasteiger partial charge in [0.25, 0.3) is 0 Å². The van der Waals surface area contributed by atoms with Crippen LogP contribution in [0.15, 0.2) is 0 Å². The van der Waals surface area contributed by atoms with Crippen LogP contribution in [0.4, 0.5) is 0 Å². The van der Waals surface area contributed by atoms with E-state index in [1.807, 2.05) is 6.92 Å². The van der Waals surface area contributed by atoms with Crippen molar-refractivity contribution in [2.45, 2.75) is 97.8 Å². The Morgan fingerprint density at radius 2 is 1.29 bits per heavy atom. The van der Waals surface area contributed by atoms with Crippen molar-refractivity contribution in [1.82, 2.24) is 0 Å². The van der Waals surface area contributed by atoms with Crippen molar-refractivity contribution in [3.8, 4) is 0 Å². The number of carbonyl (C=O) groups excluding carboxylic acids is 1. The summed E-state index contributed by atoms with van der Waals surface area (Å²) >= 11 is 0. The van der Waals surface area contributed by atoms with Gasteiger partial charge in [-0.25, -0.2) is 0 Å². The lowest BCUT2D eigenvalue weighted by atomic mass is 9.95. The van der Waals surface area contributed by atoms with E-state index in [4.69, 9.17) is 8.85 Å². The standard InChI is InChI=1S/C19H42O3Si2/c1-15(13-20)17(22-24(11,12)19(6,7)8)16(2)14-21-23(9,10)18(3,4)5/h13,15-17H,14H2,1-12H3/t15-,16+,17+/m0/s1. The molecule has 0 amide bonds. The normalized spacial score (nSPS) is 18.2. The van der Waals surface area contributed by atoms with Gasteiger partial charge in [0.05, 0.1) is 6.10 Å². The second-order valence-electron chi connectivity index (χ2n) is 10.4. The highest BCUT2D eigenvalue weighted by Gasteiger charge is 2.42. The number of hydrogen-bond donors (Lipinski definition) is 0. The molecule has 0 saturated heterocycles. The van der Waals surface area contributed by atoms with Crippen LogP contribution in [0.3, 0.4) is 0 Å². The zero-order valence-corrected chi connectivity index (χ0v) is 20.2. The summed E-state index contributed by atoms with van der Waals surface area (Å²) in [6.45, 7) is 27.3. The molecule has 0 unspecified atom stereocenters. The fourth-order valence-corrected chi connectivity index (χ4v) is 4.58. The Morgan fingerprint density at radius 1 is 0.875 bits per heavy atom. The van der Waals surface area contributed by atoms with Crippen LogP contribution in [0.5, 0.6) is 0 Å². The maximum absolute atomic E-state index is 11.4. The van der Waals surface area contributed by atoms with Gasteiger partial charge >= 0.3 is 0 Å². The molecule has 0 aromatic rings. The highest BCUT2D eigenvalue weighted by Crippen LogP contribution is 2.40. The quantitative estimate of drug-likeness (QED) is 0.394. The topological polar surface area (TPSA) is 35.5 Å². The van der Waals surface area contributed by atoms with Gasteiger partial charge in [-0.2, -0.15) is 0 Å². The molecule has 0 spiro atoms. The molecule has 0 aromatic carbocycles. The molecule has 5 heteroatoms. The zero-order chi connectivity index (χ0) is 19.6. The molecule has 144 valence electrons. The highest BCUT2D eigenvalue weighted by molar-refractivity contribution is 6.74. The van der Waals surface area contributed by atoms with Crippen molar-refractivity contribution in [3.05, 3.63) is 0 Å². The minimum absolute atomic E-state index is 0.0758. The molecule has 0 aliphatic carbocycles. The molecule has 0 aliphatic rings. The molecule has 0 fully saturated rings. The van der Waals surface area contributed by atoms with Crippen molar-refractivity contribution in [1.29, 1.82) is 0 Å². The van der Waals surface area contributed by atoms with E-state index < -0.39 is 16.6 Å². The average Bonchev–Trinajstić information content (AvgIpc) is 2.38. The largest absolute Gasteiger partial charge is 0.416 e. The van der Waals surface area contributed by atoms with Gasteiger partial charge in [0, 0.05) is 18.4 Å². The predicted molar refractivity (Wildman–Crippen MR) is 110 cm³/mol. The number of aldehydes is 1. The molecular formula is C19H42O3Si2. The summed E-state index contributed by atoms with van der Waals surface area (Å²) in [5.41, 5.74) is 0. The van der Waals surface area contributed by atoms with Crippen LogP contribution >= 0.6 is 0 Å². The summed E-state index contributed by atoms with van der Waals surface area (Å²) in [7, 11) is -3.71. The number of rotatable bonds is 8. The summed E-state index contributed by atoms with van der Waals surface area (Å²) in [6, 6.07) is 0. The third-order valence-corrected chi connectivity index (χ3v) is 15.0. The van der Waals surface area contributed by atoms with Crippen molar-refractivity contribution in [2.75, 3.05) is 6.61 Å². The third-order valence-electron chi connectivity index (χ3n) is 6.04. The van der Waals surface area contributed by atoms with E-state index in [1.165, 1.54) is 0 Å². The van der Waals surface area contributed by atoms with E-state index >= 15 is 0 Å². The molecule has 0 aliphatic heterocycles. The van der Waals surface area contributed by atoms with Crippen LogP contribution in [-0.2, 0) is 13.6 Å². The Kier molecular flexibility index (Phi) is 8.16. The SMILES string of the molecule is C[C@H](CO[Si](C)(C)C(C)(C)C)[C@H](O[Si](C)(C)C(C)(C)C)[C@@H](C)C=O. The summed E-state index contributed by atoms with van der Waals surface area (Å²) in [5, 5.41) is 0.326. The minimum atomic E-state index is -1.92. The first kappa shape index (κ1) is 24.0. The van der Waals surface area contributed by atoms with Gasteiger partial charge in [-0.1, -0.05) is 55.4 Å². The van der Waals surface area contributed by atoms with Crippen LogP contribution in [0.2, 0.25) is 36.3 Å². The third kappa shape index (κ3) is 6.39. The van der Waals surface area contributed by atoms with Crippen LogP contribution < -0.4 is 0 Å². The van der Waals surface area contributed by atoms with Crippen LogP contribution in [0, 0.1) is 11.8 Å². The van der Waals surface area contributed by atoms with Gasteiger partial charge in [-0.15, -0.1) is 0 Å². The second-order valence-corrected chi connectivity index (χ2v) is 20.0. The Bertz CT molecular complexity index is 406. The first-order chi connectivity index (χ1) is 10.5. The van der Waals surface area contributed by atoms with E-state index in [-0.39, 0.29) is 28.0 Å². The van der Waals surface area contributed by atoms with Crippen LogP contribution in [-0.4, -0.2) is 35.6 Å². The Labute approximate surface area is 153 Å². The molecule has 0 radical (unpaired) electrons. The maximum atomic E-state index is 11.4. The van der Waals surface area contributed by atoms with Crippen LogP contribution in [0.25, 0.3) is 0 Å². The smallest absolute Gasteiger partial charge is 0.192 e. The lowest BCUT2D eigenvalue weighted by Gasteiger charge is -2.43. The fourth-order valence-electron chi connectivity index (χ4n) is 1.99. The molecule has 3 atom stereocenters. The monoisotopic (exact) mass is 374 g/mol. The number of hydrogen-bond acceptors (Lipinski definition) is 3. The molecule has 0 aromatic heterocycles. The Morgan fingerprint density at radius 3 is 1.62 bits per heavy atom. The lowest BCUT2D eigenvalue weighted by Crippen LogP contribution is -2.49. The molecule has 24 heavy (non-hydrogen) atoms. The second kappa shape index (κ2) is 8.15. The maximum Gasteiger partial charge on any atom is 0.192 e. The summed E-state index contributed by atoms with van der Waals surface area (Å²) < 4.78 is 13.0. The van der Waals surface area contributed by atoms with E-state index in [0.717, 1.165) is 6.29 Å². The van der Waals surface area contributed by atoms with Crippen molar-refractivity contribution < 1.29 is 13.6 Å². The van der Waals surface area contributed by atoms with E-state index in [2.05, 4.69) is 74.7 Å². The van der Waals surface area contributed by atoms with Gasteiger partial charge < -0.3 is 13.6 Å². The summed E-state index contributed by atoms with van der Waals surface area (Å²) in [6.07, 6.45) is 0.953. The van der Waals surface area contributed by atoms with Gasteiger partial charge in [0.15, 0.2) is 16.6 Å². The average molecular weight is 375 g/mol. The molecule has 3 nitrogen and oxygen atoms in total. The van der Waals surface area contributed by atoms with E-state index in [1.54, 1.807) is 0 Å². The molecule has 0 saturated carbocycles. The molecule has 0 bridgehead atoms.